The number of nitrogens with zero attached hydrogens (tertiary/aromatic N) is 1. The van der Waals surface area contributed by atoms with Crippen molar-refractivity contribution in [2.75, 3.05) is 0 Å². The third kappa shape index (κ3) is 3.71. The molecule has 2 aliphatic carbocycles. The van der Waals surface area contributed by atoms with E-state index in [0.717, 1.165) is 23.0 Å². The van der Waals surface area contributed by atoms with Crippen molar-refractivity contribution in [2.24, 2.45) is 17.8 Å². The first kappa shape index (κ1) is 18.0. The fraction of sp³-hybridized carbons (Fsp3) is 0.478. The average molecular weight is 364 g/mol. The minimum Gasteiger partial charge on any atom is -0.349 e. The van der Waals surface area contributed by atoms with Gasteiger partial charge in [-0.3, -0.25) is 9.59 Å². The lowest BCUT2D eigenvalue weighted by atomic mass is 9.84. The highest BCUT2D eigenvalue weighted by atomic mass is 16.2. The lowest BCUT2D eigenvalue weighted by molar-refractivity contribution is 0.0913. The molecule has 2 aromatic rings. The van der Waals surface area contributed by atoms with E-state index in [4.69, 9.17) is 0 Å². The van der Waals surface area contributed by atoms with Crippen LogP contribution in [-0.2, 0) is 6.54 Å². The normalized spacial score (nSPS) is 24.7. The molecule has 0 unspecified atom stereocenters. The van der Waals surface area contributed by atoms with Gasteiger partial charge in [0.05, 0.1) is 6.54 Å². The lowest BCUT2D eigenvalue weighted by Gasteiger charge is -2.28. The standard InChI is InChI=1S/C23H28N2O2/c1-15-5-3-6-18(11-15)14-25-10-4-7-20(23(25)27)22(26)24-16(2)21-13-17-8-9-19(21)12-17/h3-7,10-11,16-17,19,21H,8-9,12-14H2,1-2H3,(H,24,26)/t16-,17-,19-,21-/m0/s1. The maximum absolute atomic E-state index is 12.8. The van der Waals surface area contributed by atoms with Crippen LogP contribution in [0.2, 0.25) is 0 Å². The maximum atomic E-state index is 12.8. The van der Waals surface area contributed by atoms with Crippen molar-refractivity contribution in [3.05, 3.63) is 69.6 Å². The van der Waals surface area contributed by atoms with Gasteiger partial charge in [-0.15, -0.1) is 0 Å². The van der Waals surface area contributed by atoms with Gasteiger partial charge in [0.2, 0.25) is 0 Å². The number of hydrogen-bond acceptors (Lipinski definition) is 2. The molecule has 0 spiro atoms. The molecule has 4 nitrogen and oxygen atoms in total. The molecule has 4 heteroatoms. The molecule has 4 rings (SSSR count). The Morgan fingerprint density at radius 3 is 2.78 bits per heavy atom. The summed E-state index contributed by atoms with van der Waals surface area (Å²) in [5, 5.41) is 3.11. The molecule has 2 aliphatic rings. The molecular weight excluding hydrogens is 336 g/mol. The summed E-state index contributed by atoms with van der Waals surface area (Å²) < 4.78 is 1.62. The number of carbonyl (C=O) groups is 1. The van der Waals surface area contributed by atoms with Gasteiger partial charge in [-0.2, -0.15) is 0 Å². The molecule has 1 N–H and O–H groups in total. The van der Waals surface area contributed by atoms with Gasteiger partial charge in [0.15, 0.2) is 0 Å². The zero-order chi connectivity index (χ0) is 19.0. The van der Waals surface area contributed by atoms with Gasteiger partial charge in [-0.05, 0) is 68.6 Å². The van der Waals surface area contributed by atoms with Crippen LogP contribution < -0.4 is 10.9 Å². The van der Waals surface area contributed by atoms with Crippen molar-refractivity contribution in [1.29, 1.82) is 0 Å². The summed E-state index contributed by atoms with van der Waals surface area (Å²) in [7, 11) is 0. The largest absolute Gasteiger partial charge is 0.349 e. The summed E-state index contributed by atoms with van der Waals surface area (Å²) in [5.41, 5.74) is 2.23. The molecule has 1 amide bonds. The Hall–Kier alpha value is -2.36. The molecule has 142 valence electrons. The molecule has 2 saturated carbocycles. The second-order valence-corrected chi connectivity index (χ2v) is 8.44. The minimum atomic E-state index is -0.242. The van der Waals surface area contributed by atoms with Gasteiger partial charge >= 0.3 is 0 Å². The van der Waals surface area contributed by atoms with E-state index in [0.29, 0.717) is 12.5 Å². The summed E-state index contributed by atoms with van der Waals surface area (Å²) in [6.45, 7) is 4.61. The number of benzene rings is 1. The van der Waals surface area contributed by atoms with E-state index in [9.17, 15) is 9.59 Å². The van der Waals surface area contributed by atoms with Gasteiger partial charge in [0, 0.05) is 12.2 Å². The topological polar surface area (TPSA) is 51.1 Å². The Bertz CT molecular complexity index is 901. The van der Waals surface area contributed by atoms with E-state index in [1.165, 1.54) is 25.7 Å². The summed E-state index contributed by atoms with van der Waals surface area (Å²) in [6, 6.07) is 11.6. The molecule has 1 aromatic carbocycles. The van der Waals surface area contributed by atoms with Crippen molar-refractivity contribution in [1.82, 2.24) is 9.88 Å². The quantitative estimate of drug-likeness (QED) is 0.878. The van der Waals surface area contributed by atoms with E-state index < -0.39 is 0 Å². The zero-order valence-electron chi connectivity index (χ0n) is 16.2. The number of carbonyl (C=O) groups excluding carboxylic acids is 1. The van der Waals surface area contributed by atoms with Crippen LogP contribution in [0.4, 0.5) is 0 Å². The fourth-order valence-electron chi connectivity index (χ4n) is 5.14. The number of pyridine rings is 1. The van der Waals surface area contributed by atoms with Gasteiger partial charge in [0.25, 0.3) is 11.5 Å². The van der Waals surface area contributed by atoms with E-state index in [2.05, 4.69) is 18.3 Å². The van der Waals surface area contributed by atoms with Crippen molar-refractivity contribution in [2.45, 2.75) is 52.1 Å². The van der Waals surface area contributed by atoms with Crippen LogP contribution in [-0.4, -0.2) is 16.5 Å². The molecule has 4 atom stereocenters. The van der Waals surface area contributed by atoms with Crippen LogP contribution in [0, 0.1) is 24.7 Å². The van der Waals surface area contributed by atoms with Gasteiger partial charge in [-0.25, -0.2) is 0 Å². The number of aryl methyl sites for hydroxylation is 1. The highest BCUT2D eigenvalue weighted by Crippen LogP contribution is 2.49. The third-order valence-corrected chi connectivity index (χ3v) is 6.49. The van der Waals surface area contributed by atoms with Crippen molar-refractivity contribution in [3.8, 4) is 0 Å². The van der Waals surface area contributed by atoms with Gasteiger partial charge in [0.1, 0.15) is 5.56 Å². The summed E-state index contributed by atoms with van der Waals surface area (Å²) >= 11 is 0. The van der Waals surface area contributed by atoms with Crippen molar-refractivity contribution < 1.29 is 4.79 Å². The van der Waals surface area contributed by atoms with Crippen molar-refractivity contribution >= 4 is 5.91 Å². The second-order valence-electron chi connectivity index (χ2n) is 8.44. The molecule has 0 saturated heterocycles. The average Bonchev–Trinajstić information content (AvgIpc) is 3.27. The number of rotatable bonds is 5. The Kier molecular flexibility index (Phi) is 4.90. The van der Waals surface area contributed by atoms with Crippen LogP contribution in [0.1, 0.15) is 54.1 Å². The smallest absolute Gasteiger partial charge is 0.263 e. The number of hydrogen-bond donors (Lipinski definition) is 1. The maximum Gasteiger partial charge on any atom is 0.263 e. The Morgan fingerprint density at radius 2 is 2.07 bits per heavy atom. The molecule has 1 heterocycles. The summed E-state index contributed by atoms with van der Waals surface area (Å²) in [4.78, 5) is 25.6. The second kappa shape index (κ2) is 7.34. The fourth-order valence-corrected chi connectivity index (χ4v) is 5.14. The molecule has 2 fully saturated rings. The zero-order valence-corrected chi connectivity index (χ0v) is 16.2. The van der Waals surface area contributed by atoms with Crippen molar-refractivity contribution in [3.63, 3.8) is 0 Å². The Labute approximate surface area is 160 Å². The van der Waals surface area contributed by atoms with Crippen LogP contribution in [0.3, 0.4) is 0 Å². The first-order valence-electron chi connectivity index (χ1n) is 10.1. The van der Waals surface area contributed by atoms with Gasteiger partial charge in [-0.1, -0.05) is 36.2 Å². The number of nitrogens with one attached hydrogen (secondary N) is 1. The van der Waals surface area contributed by atoms with E-state index in [1.54, 1.807) is 22.9 Å². The molecular formula is C23H28N2O2. The van der Waals surface area contributed by atoms with Crippen LogP contribution in [0.5, 0.6) is 0 Å². The lowest BCUT2D eigenvalue weighted by Crippen LogP contribution is -2.42. The monoisotopic (exact) mass is 364 g/mol. The molecule has 0 radical (unpaired) electrons. The highest BCUT2D eigenvalue weighted by molar-refractivity contribution is 5.94. The van der Waals surface area contributed by atoms with Crippen LogP contribution in [0.25, 0.3) is 0 Å². The predicted octanol–water partition coefficient (Wildman–Crippen LogP) is 3.76. The van der Waals surface area contributed by atoms with Crippen LogP contribution in [0.15, 0.2) is 47.4 Å². The van der Waals surface area contributed by atoms with Gasteiger partial charge < -0.3 is 9.88 Å². The Morgan fingerprint density at radius 1 is 1.22 bits per heavy atom. The number of amides is 1. The first-order valence-corrected chi connectivity index (χ1v) is 10.1. The molecule has 2 bridgehead atoms. The van der Waals surface area contributed by atoms with E-state index in [-0.39, 0.29) is 23.1 Å². The number of fused-ring (bicyclic) bond motifs is 2. The van der Waals surface area contributed by atoms with E-state index in [1.807, 2.05) is 25.1 Å². The molecule has 1 aromatic heterocycles. The molecule has 0 aliphatic heterocycles. The SMILES string of the molecule is Cc1cccc(Cn2cccc(C(=O)N[C@@H](C)[C@@H]3C[C@H]4CC[C@H]3C4)c2=O)c1. The minimum absolute atomic E-state index is 0.123. The predicted molar refractivity (Wildman–Crippen MR) is 107 cm³/mol. The number of aromatic nitrogens is 1. The Balaban J connectivity index is 1.48. The summed E-state index contributed by atoms with van der Waals surface area (Å²) in [6.07, 6.45) is 6.94. The first-order chi connectivity index (χ1) is 13.0. The third-order valence-electron chi connectivity index (χ3n) is 6.49. The molecule has 27 heavy (non-hydrogen) atoms. The van der Waals surface area contributed by atoms with Crippen LogP contribution >= 0.6 is 0 Å². The highest BCUT2D eigenvalue weighted by Gasteiger charge is 2.42. The summed E-state index contributed by atoms with van der Waals surface area (Å²) in [5.74, 6) is 1.92. The van der Waals surface area contributed by atoms with E-state index >= 15 is 0 Å².